The van der Waals surface area contributed by atoms with E-state index in [1.54, 1.807) is 6.08 Å². The van der Waals surface area contributed by atoms with Crippen molar-refractivity contribution < 1.29 is 19.4 Å². The molecule has 1 N–H and O–H groups in total. The minimum Gasteiger partial charge on any atom is -0.467 e. The molecule has 23 heavy (non-hydrogen) atoms. The average Bonchev–Trinajstić information content (AvgIpc) is 3.11. The van der Waals surface area contributed by atoms with Crippen molar-refractivity contribution >= 4 is 17.4 Å². The van der Waals surface area contributed by atoms with E-state index in [-0.39, 0.29) is 19.2 Å². The minimum atomic E-state index is -1.05. The fraction of sp³-hybridized carbons (Fsp3) is 0.294. The van der Waals surface area contributed by atoms with Crippen LogP contribution in [0.4, 0.5) is 0 Å². The number of benzene rings is 1. The second-order valence-corrected chi connectivity index (χ2v) is 5.30. The summed E-state index contributed by atoms with van der Waals surface area (Å²) in [6.07, 6.45) is 6.07. The van der Waals surface area contributed by atoms with E-state index >= 15 is 0 Å². The van der Waals surface area contributed by atoms with Crippen molar-refractivity contribution in [3.63, 3.8) is 0 Å². The maximum atomic E-state index is 12.4. The number of methoxy groups -OCH3 is 1. The Kier molecular flexibility index (Phi) is 4.16. The topological polar surface area (TPSA) is 71.4 Å². The lowest BCUT2D eigenvalue weighted by Gasteiger charge is -2.35. The van der Waals surface area contributed by atoms with Crippen LogP contribution in [0.25, 0.3) is 5.57 Å². The normalized spacial score (nSPS) is 23.1. The van der Waals surface area contributed by atoms with Crippen molar-refractivity contribution in [2.75, 3.05) is 20.4 Å². The van der Waals surface area contributed by atoms with Gasteiger partial charge in [-0.25, -0.2) is 9.80 Å². The van der Waals surface area contributed by atoms with Gasteiger partial charge >= 0.3 is 5.97 Å². The summed E-state index contributed by atoms with van der Waals surface area (Å²) in [6.45, 7) is -0.202. The summed E-state index contributed by atoms with van der Waals surface area (Å²) in [5, 5.41) is 14.8. The predicted molar refractivity (Wildman–Crippen MR) is 85.2 cm³/mol. The largest absolute Gasteiger partial charge is 0.467 e. The van der Waals surface area contributed by atoms with E-state index in [0.29, 0.717) is 6.42 Å². The molecule has 0 spiro atoms. The second-order valence-electron chi connectivity index (χ2n) is 5.30. The van der Waals surface area contributed by atoms with Crippen LogP contribution in [0, 0.1) is 0 Å². The van der Waals surface area contributed by atoms with Crippen LogP contribution in [-0.2, 0) is 14.3 Å². The molecule has 6 heteroatoms. The first-order valence-corrected chi connectivity index (χ1v) is 7.31. The van der Waals surface area contributed by atoms with Gasteiger partial charge < -0.3 is 14.6 Å². The Labute approximate surface area is 134 Å². The number of aliphatic hydroxyl groups is 1. The van der Waals surface area contributed by atoms with Gasteiger partial charge in [-0.1, -0.05) is 42.5 Å². The number of ether oxygens (including phenoxy) is 2. The first-order valence-electron chi connectivity index (χ1n) is 7.31. The van der Waals surface area contributed by atoms with Crippen LogP contribution in [0.3, 0.4) is 0 Å². The monoisotopic (exact) mass is 314 g/mol. The lowest BCUT2D eigenvalue weighted by atomic mass is 9.86. The number of rotatable bonds is 4. The van der Waals surface area contributed by atoms with Crippen molar-refractivity contribution in [1.82, 2.24) is 5.01 Å². The van der Waals surface area contributed by atoms with Crippen molar-refractivity contribution in [3.8, 4) is 0 Å². The average molecular weight is 314 g/mol. The Morgan fingerprint density at radius 2 is 2.22 bits per heavy atom. The second kappa shape index (κ2) is 6.26. The van der Waals surface area contributed by atoms with Crippen LogP contribution < -0.4 is 0 Å². The summed E-state index contributed by atoms with van der Waals surface area (Å²) in [5.74, 6) is -0.219. The molecular formula is C17H18N2O4. The number of allylic oxidation sites excluding steroid dienone is 2. The Bertz CT molecular complexity index is 681. The molecule has 0 saturated heterocycles. The molecule has 0 bridgehead atoms. The molecule has 3 rings (SSSR count). The van der Waals surface area contributed by atoms with Crippen molar-refractivity contribution in [2.45, 2.75) is 12.0 Å². The minimum absolute atomic E-state index is 0.101. The number of carbonyl (C=O) groups excluding carboxylic acids is 1. The van der Waals surface area contributed by atoms with Gasteiger partial charge in [0.1, 0.15) is 6.61 Å². The van der Waals surface area contributed by atoms with Gasteiger partial charge in [0.25, 0.3) is 0 Å². The molecule has 1 unspecified atom stereocenters. The van der Waals surface area contributed by atoms with Gasteiger partial charge in [0.2, 0.25) is 5.90 Å². The lowest BCUT2D eigenvalue weighted by molar-refractivity contribution is -0.153. The molecule has 0 fully saturated rings. The first kappa shape index (κ1) is 15.3. The molecule has 0 amide bonds. The highest BCUT2D eigenvalue weighted by Crippen LogP contribution is 2.34. The first-order chi connectivity index (χ1) is 11.2. The zero-order valence-electron chi connectivity index (χ0n) is 12.8. The molecule has 0 aromatic heterocycles. The molecule has 0 radical (unpaired) electrons. The quantitative estimate of drug-likeness (QED) is 0.854. The van der Waals surface area contributed by atoms with Gasteiger partial charge in [-0.05, 0) is 17.2 Å². The zero-order chi connectivity index (χ0) is 16.3. The molecule has 0 saturated carbocycles. The van der Waals surface area contributed by atoms with Gasteiger partial charge in [-0.3, -0.25) is 0 Å². The maximum Gasteiger partial charge on any atom is 0.337 e. The van der Waals surface area contributed by atoms with Crippen molar-refractivity contribution in [3.05, 3.63) is 54.1 Å². The third-order valence-corrected chi connectivity index (χ3v) is 4.00. The van der Waals surface area contributed by atoms with Crippen LogP contribution in [-0.4, -0.2) is 48.0 Å². The third-order valence-electron chi connectivity index (χ3n) is 4.00. The highest BCUT2D eigenvalue weighted by atomic mass is 16.5. The third kappa shape index (κ3) is 2.73. The van der Waals surface area contributed by atoms with Crippen LogP contribution in [0.2, 0.25) is 0 Å². The van der Waals surface area contributed by atoms with Crippen LogP contribution in [0.15, 0.2) is 53.7 Å². The van der Waals surface area contributed by atoms with E-state index in [4.69, 9.17) is 14.6 Å². The smallest absolute Gasteiger partial charge is 0.337 e. The van der Waals surface area contributed by atoms with Crippen LogP contribution in [0.5, 0.6) is 0 Å². The van der Waals surface area contributed by atoms with E-state index in [9.17, 15) is 4.79 Å². The molecule has 1 aliphatic heterocycles. The van der Waals surface area contributed by atoms with E-state index in [2.05, 4.69) is 5.10 Å². The van der Waals surface area contributed by atoms with E-state index in [1.807, 2.05) is 42.5 Å². The molecule has 1 aromatic carbocycles. The number of nitrogens with zero attached hydrogens (tertiary/aromatic N) is 2. The van der Waals surface area contributed by atoms with Crippen LogP contribution in [0.1, 0.15) is 12.0 Å². The lowest BCUT2D eigenvalue weighted by Crippen LogP contribution is -2.51. The molecule has 1 heterocycles. The number of carbonyl (C=O) groups is 1. The van der Waals surface area contributed by atoms with Gasteiger partial charge in [-0.15, -0.1) is 5.10 Å². The highest BCUT2D eigenvalue weighted by molar-refractivity contribution is 5.88. The molecule has 1 aromatic rings. The number of hydrogen-bond acceptors (Lipinski definition) is 6. The van der Waals surface area contributed by atoms with Crippen molar-refractivity contribution in [1.29, 1.82) is 0 Å². The molecule has 6 nitrogen and oxygen atoms in total. The number of hydrogen-bond donors (Lipinski definition) is 1. The summed E-state index contributed by atoms with van der Waals surface area (Å²) < 4.78 is 10.2. The summed E-state index contributed by atoms with van der Waals surface area (Å²) in [7, 11) is 1.35. The highest BCUT2D eigenvalue weighted by Gasteiger charge is 2.46. The number of esters is 1. The van der Waals surface area contributed by atoms with Gasteiger partial charge in [0.05, 0.1) is 7.11 Å². The summed E-state index contributed by atoms with van der Waals surface area (Å²) in [6, 6.07) is 9.93. The predicted octanol–water partition coefficient (Wildman–Crippen LogP) is 1.54. The molecular weight excluding hydrogens is 296 g/mol. The Morgan fingerprint density at radius 1 is 1.43 bits per heavy atom. The Balaban J connectivity index is 1.90. The molecule has 1 atom stereocenters. The summed E-state index contributed by atoms with van der Waals surface area (Å²) in [5.41, 5.74) is 1.07. The molecule has 2 aliphatic rings. The Hall–Kier alpha value is -2.60. The van der Waals surface area contributed by atoms with Gasteiger partial charge in [0, 0.05) is 6.42 Å². The molecule has 120 valence electrons. The van der Waals surface area contributed by atoms with Crippen molar-refractivity contribution in [2.24, 2.45) is 5.10 Å². The fourth-order valence-electron chi connectivity index (χ4n) is 2.71. The Morgan fingerprint density at radius 3 is 2.78 bits per heavy atom. The summed E-state index contributed by atoms with van der Waals surface area (Å²) in [4.78, 5) is 12.4. The van der Waals surface area contributed by atoms with E-state index in [1.165, 1.54) is 12.1 Å². The maximum absolute atomic E-state index is 12.4. The fourth-order valence-corrected chi connectivity index (χ4v) is 2.71. The van der Waals surface area contributed by atoms with Gasteiger partial charge in [-0.2, -0.15) is 0 Å². The molecule has 1 aliphatic carbocycles. The van der Waals surface area contributed by atoms with E-state index < -0.39 is 11.5 Å². The number of hydrazone groups is 1. The SMILES string of the molecule is COC(=O)C1(N2COC(CO)=N2)C=CC(c2ccccc2)=CC1. The van der Waals surface area contributed by atoms with E-state index in [0.717, 1.165) is 11.1 Å². The van der Waals surface area contributed by atoms with Gasteiger partial charge in [0.15, 0.2) is 12.3 Å². The number of aliphatic hydroxyl groups excluding tert-OH is 1. The summed E-state index contributed by atoms with van der Waals surface area (Å²) >= 11 is 0. The standard InChI is InChI=1S/C17H18N2O4/c1-22-16(21)17(19-12-23-15(11-20)18-19)9-7-14(8-10-17)13-5-3-2-4-6-13/h2-9,20H,10-12H2,1H3. The van der Waals surface area contributed by atoms with Crippen LogP contribution >= 0.6 is 0 Å². The zero-order valence-corrected chi connectivity index (χ0v) is 12.8.